The number of carbonyl (C=O) groups is 2. The largest absolute Gasteiger partial charge is 0.373 e. The zero-order chi connectivity index (χ0) is 14.9. The topological polar surface area (TPSA) is 117 Å². The van der Waals surface area contributed by atoms with Gasteiger partial charge in [-0.15, -0.1) is 0 Å². The number of aromatic nitrogens is 1. The average Bonchev–Trinajstić information content (AvgIpc) is 2.66. The molecule has 0 aromatic carbocycles. The summed E-state index contributed by atoms with van der Waals surface area (Å²) in [5, 5.41) is 16.3. The molecule has 1 saturated heterocycles. The van der Waals surface area contributed by atoms with Gasteiger partial charge in [0.2, 0.25) is 5.91 Å². The van der Waals surface area contributed by atoms with E-state index in [0.29, 0.717) is 5.82 Å². The van der Waals surface area contributed by atoms with E-state index < -0.39 is 11.0 Å². The molecule has 1 unspecified atom stereocenters. The molecule has 0 radical (unpaired) electrons. The Hall–Kier alpha value is -2.71. The minimum atomic E-state index is -0.744. The first-order chi connectivity index (χ1) is 9.42. The third-order valence-corrected chi connectivity index (χ3v) is 2.98. The summed E-state index contributed by atoms with van der Waals surface area (Å²) < 4.78 is 0. The molecule has 1 atom stereocenters. The molecule has 20 heavy (non-hydrogen) atoms. The van der Waals surface area contributed by atoms with Crippen LogP contribution < -0.4 is 10.6 Å². The first-order valence-electron chi connectivity index (χ1n) is 5.83. The fraction of sp³-hybridized carbons (Fsp3) is 0.364. The Labute approximate surface area is 114 Å². The van der Waals surface area contributed by atoms with Gasteiger partial charge in [0.15, 0.2) is 0 Å². The highest BCUT2D eigenvalue weighted by Crippen LogP contribution is 2.22. The van der Waals surface area contributed by atoms with Crippen LogP contribution in [0, 0.1) is 10.1 Å². The van der Waals surface area contributed by atoms with E-state index in [9.17, 15) is 19.7 Å². The van der Waals surface area contributed by atoms with Gasteiger partial charge in [-0.25, -0.2) is 4.98 Å². The van der Waals surface area contributed by atoms with Gasteiger partial charge >= 0.3 is 0 Å². The number of anilines is 2. The van der Waals surface area contributed by atoms with E-state index in [2.05, 4.69) is 15.6 Å². The van der Waals surface area contributed by atoms with E-state index in [1.807, 2.05) is 0 Å². The van der Waals surface area contributed by atoms with Gasteiger partial charge in [-0.05, 0) is 0 Å². The Morgan fingerprint density at radius 3 is 2.55 bits per heavy atom. The zero-order valence-electron chi connectivity index (χ0n) is 10.9. The maximum Gasteiger partial charge on any atom is 0.276 e. The van der Waals surface area contributed by atoms with Crippen molar-refractivity contribution in [2.24, 2.45) is 0 Å². The molecule has 2 rings (SSSR count). The molecular weight excluding hydrogens is 266 g/mol. The first-order valence-corrected chi connectivity index (χ1v) is 5.83. The second kappa shape index (κ2) is 5.11. The number of pyridine rings is 1. The van der Waals surface area contributed by atoms with E-state index in [1.165, 1.54) is 19.2 Å². The lowest BCUT2D eigenvalue weighted by molar-refractivity contribution is -0.384. The van der Waals surface area contributed by atoms with E-state index in [1.54, 1.807) is 7.05 Å². The number of likely N-dealkylation sites (N-methyl/N-ethyl adjacent to an activating group) is 1. The number of imide groups is 1. The number of nitrogens with zero attached hydrogens (tertiary/aromatic N) is 3. The van der Waals surface area contributed by atoms with Crippen LogP contribution in [0.25, 0.3) is 0 Å². The van der Waals surface area contributed by atoms with E-state index >= 15 is 0 Å². The lowest BCUT2D eigenvalue weighted by Crippen LogP contribution is -2.32. The third-order valence-electron chi connectivity index (χ3n) is 2.98. The number of hydrogen-bond acceptors (Lipinski definition) is 7. The highest BCUT2D eigenvalue weighted by Gasteiger charge is 2.36. The van der Waals surface area contributed by atoms with Gasteiger partial charge in [0.1, 0.15) is 17.7 Å². The van der Waals surface area contributed by atoms with Gasteiger partial charge < -0.3 is 10.6 Å². The Bertz CT molecular complexity index is 588. The molecule has 2 heterocycles. The van der Waals surface area contributed by atoms with Crippen LogP contribution in [0.4, 0.5) is 17.3 Å². The molecule has 9 nitrogen and oxygen atoms in total. The standard InChI is InChI=1S/C11H13N5O4/c1-12-8-3-6(16(19)20)4-9(14-8)13-7-5-10(17)15(2)11(7)18/h3-4,7H,5H2,1-2H3,(H2,12,13,14). The van der Waals surface area contributed by atoms with Gasteiger partial charge in [0.25, 0.3) is 11.6 Å². The van der Waals surface area contributed by atoms with Crippen molar-refractivity contribution in [1.82, 2.24) is 9.88 Å². The SMILES string of the molecule is CNc1cc([N+](=O)[O-])cc(NC2CC(=O)N(C)C2=O)n1. The van der Waals surface area contributed by atoms with Crippen LogP contribution in [0.3, 0.4) is 0 Å². The smallest absolute Gasteiger partial charge is 0.276 e. The molecule has 0 saturated carbocycles. The van der Waals surface area contributed by atoms with Gasteiger partial charge in [-0.2, -0.15) is 0 Å². The number of carbonyl (C=O) groups excluding carboxylic acids is 2. The number of rotatable bonds is 4. The first kappa shape index (κ1) is 13.7. The third kappa shape index (κ3) is 2.51. The molecule has 2 N–H and O–H groups in total. The number of amides is 2. The summed E-state index contributed by atoms with van der Waals surface area (Å²) in [4.78, 5) is 38.5. The fourth-order valence-electron chi connectivity index (χ4n) is 1.87. The predicted octanol–water partition coefficient (Wildman–Crippen LogP) is 0.201. The molecule has 0 spiro atoms. The Kier molecular flexibility index (Phi) is 3.51. The van der Waals surface area contributed by atoms with Crippen molar-refractivity contribution in [3.63, 3.8) is 0 Å². The fourth-order valence-corrected chi connectivity index (χ4v) is 1.87. The van der Waals surface area contributed by atoms with E-state index in [-0.39, 0.29) is 29.7 Å². The highest BCUT2D eigenvalue weighted by atomic mass is 16.6. The Morgan fingerprint density at radius 1 is 1.40 bits per heavy atom. The predicted molar refractivity (Wildman–Crippen MR) is 70.2 cm³/mol. The van der Waals surface area contributed by atoms with Crippen molar-refractivity contribution in [2.45, 2.75) is 12.5 Å². The van der Waals surface area contributed by atoms with Crippen LogP contribution in [0.5, 0.6) is 0 Å². The van der Waals surface area contributed by atoms with Crippen molar-refractivity contribution in [3.8, 4) is 0 Å². The molecule has 1 aromatic heterocycles. The summed E-state index contributed by atoms with van der Waals surface area (Å²) in [5.41, 5.74) is -0.156. The van der Waals surface area contributed by atoms with Crippen LogP contribution in [-0.2, 0) is 9.59 Å². The molecule has 0 aliphatic carbocycles. The summed E-state index contributed by atoms with van der Waals surface area (Å²) in [6.45, 7) is 0. The minimum Gasteiger partial charge on any atom is -0.373 e. The zero-order valence-corrected chi connectivity index (χ0v) is 10.9. The number of likely N-dealkylation sites (tertiary alicyclic amines) is 1. The van der Waals surface area contributed by atoms with Crippen LogP contribution >= 0.6 is 0 Å². The molecule has 106 valence electrons. The van der Waals surface area contributed by atoms with Crippen LogP contribution in [0.1, 0.15) is 6.42 Å². The quantitative estimate of drug-likeness (QED) is 0.459. The molecule has 0 bridgehead atoms. The molecule has 2 amide bonds. The van der Waals surface area contributed by atoms with Crippen molar-refractivity contribution < 1.29 is 14.5 Å². The second-order valence-corrected chi connectivity index (χ2v) is 4.29. The van der Waals surface area contributed by atoms with Gasteiger partial charge in [-0.1, -0.05) is 0 Å². The molecule has 1 aliphatic heterocycles. The summed E-state index contributed by atoms with van der Waals surface area (Å²) in [7, 11) is 2.97. The summed E-state index contributed by atoms with van der Waals surface area (Å²) in [5.74, 6) is -0.210. The van der Waals surface area contributed by atoms with Crippen molar-refractivity contribution >= 4 is 29.1 Å². The Balaban J connectivity index is 2.25. The van der Waals surface area contributed by atoms with Crippen LogP contribution in [0.2, 0.25) is 0 Å². The van der Waals surface area contributed by atoms with Crippen LogP contribution in [-0.4, -0.2) is 46.8 Å². The van der Waals surface area contributed by atoms with E-state index in [0.717, 1.165) is 4.90 Å². The van der Waals surface area contributed by atoms with Crippen LogP contribution in [0.15, 0.2) is 12.1 Å². The maximum absolute atomic E-state index is 11.8. The minimum absolute atomic E-state index is 0.00852. The normalized spacial score (nSPS) is 18.3. The van der Waals surface area contributed by atoms with Crippen molar-refractivity contribution in [2.75, 3.05) is 24.7 Å². The lowest BCUT2D eigenvalue weighted by atomic mass is 10.2. The molecule has 1 fully saturated rings. The highest BCUT2D eigenvalue weighted by molar-refractivity contribution is 6.06. The molecule has 9 heteroatoms. The van der Waals surface area contributed by atoms with Crippen molar-refractivity contribution in [3.05, 3.63) is 22.2 Å². The lowest BCUT2D eigenvalue weighted by Gasteiger charge is -2.12. The average molecular weight is 279 g/mol. The molecular formula is C11H13N5O4. The second-order valence-electron chi connectivity index (χ2n) is 4.29. The summed E-state index contributed by atoms with van der Waals surface area (Å²) in [6, 6.07) is 1.75. The number of nitrogens with one attached hydrogen (secondary N) is 2. The molecule has 1 aromatic rings. The van der Waals surface area contributed by atoms with Gasteiger partial charge in [0, 0.05) is 14.1 Å². The Morgan fingerprint density at radius 2 is 2.05 bits per heavy atom. The summed E-state index contributed by atoms with van der Waals surface area (Å²) >= 11 is 0. The van der Waals surface area contributed by atoms with Gasteiger partial charge in [-0.3, -0.25) is 24.6 Å². The number of hydrogen-bond donors (Lipinski definition) is 2. The maximum atomic E-state index is 11.8. The van der Waals surface area contributed by atoms with Crippen molar-refractivity contribution in [1.29, 1.82) is 0 Å². The summed E-state index contributed by atoms with van der Waals surface area (Å²) in [6.07, 6.45) is 0.00852. The monoisotopic (exact) mass is 279 g/mol. The number of nitro groups is 1. The van der Waals surface area contributed by atoms with E-state index in [4.69, 9.17) is 0 Å². The van der Waals surface area contributed by atoms with Gasteiger partial charge in [0.05, 0.1) is 23.5 Å². The molecule has 1 aliphatic rings.